The van der Waals surface area contributed by atoms with Crippen molar-refractivity contribution in [1.82, 2.24) is 30.9 Å². The van der Waals surface area contributed by atoms with Crippen molar-refractivity contribution in [2.45, 2.75) is 45.8 Å². The lowest BCUT2D eigenvalue weighted by molar-refractivity contribution is -0.155. The zero-order chi connectivity index (χ0) is 29.4. The maximum absolute atomic E-state index is 13.1. The molecule has 3 aromatic rings. The molecule has 1 aromatic carbocycles. The van der Waals surface area contributed by atoms with Crippen LogP contribution in [0.2, 0.25) is 0 Å². The number of hydrogen-bond donors (Lipinski definition) is 5. The molecule has 5 rings (SSSR count). The molecule has 1 saturated heterocycles. The van der Waals surface area contributed by atoms with Crippen molar-refractivity contribution in [3.05, 3.63) is 52.2 Å². The molecule has 2 amide bonds. The van der Waals surface area contributed by atoms with E-state index in [1.807, 2.05) is 26.0 Å². The minimum Gasteiger partial charge on any atom is -0.481 e. The molecule has 2 aromatic heterocycles. The van der Waals surface area contributed by atoms with Gasteiger partial charge >= 0.3 is 12.0 Å². The number of carbonyl (C=O) groups is 2. The Morgan fingerprint density at radius 1 is 1.29 bits per heavy atom. The molecule has 1 fully saturated rings. The van der Waals surface area contributed by atoms with Crippen molar-refractivity contribution in [3.63, 3.8) is 0 Å². The Bertz CT molecular complexity index is 1600. The highest BCUT2D eigenvalue weighted by atomic mass is 32.1. The van der Waals surface area contributed by atoms with Gasteiger partial charge in [0.2, 0.25) is 5.79 Å². The highest BCUT2D eigenvalue weighted by Gasteiger charge is 2.57. The van der Waals surface area contributed by atoms with E-state index in [0.29, 0.717) is 54.3 Å². The minimum atomic E-state index is -1.50. The van der Waals surface area contributed by atoms with Crippen LogP contribution in [-0.2, 0) is 4.79 Å². The summed E-state index contributed by atoms with van der Waals surface area (Å²) in [6, 6.07) is 4.75. The van der Waals surface area contributed by atoms with E-state index in [4.69, 9.17) is 9.98 Å². The second kappa shape index (κ2) is 11.1. The molecule has 2 aliphatic heterocycles. The van der Waals surface area contributed by atoms with Crippen LogP contribution in [0.5, 0.6) is 0 Å². The van der Waals surface area contributed by atoms with E-state index in [1.54, 1.807) is 42.7 Å². The second-order valence-corrected chi connectivity index (χ2v) is 11.6. The monoisotopic (exact) mass is 578 g/mol. The van der Waals surface area contributed by atoms with Gasteiger partial charge in [0.15, 0.2) is 0 Å². The van der Waals surface area contributed by atoms with Gasteiger partial charge in [-0.3, -0.25) is 14.9 Å². The molecule has 4 heterocycles. The normalized spacial score (nSPS) is 24.1. The molecule has 3 atom stereocenters. The lowest BCUT2D eigenvalue weighted by Crippen LogP contribution is -2.71. The number of benzene rings is 1. The third kappa shape index (κ3) is 5.10. The first-order valence-electron chi connectivity index (χ1n) is 13.6. The first kappa shape index (κ1) is 28.4. The van der Waals surface area contributed by atoms with E-state index >= 15 is 0 Å². The number of hydrogen-bond acceptors (Lipinski definition) is 9. The Morgan fingerprint density at radius 3 is 2.83 bits per heavy atom. The number of carboxylic acid groups (broad SMARTS) is 1. The van der Waals surface area contributed by atoms with Crippen molar-refractivity contribution in [2.75, 3.05) is 24.5 Å². The Kier molecular flexibility index (Phi) is 7.66. The summed E-state index contributed by atoms with van der Waals surface area (Å²) in [6.07, 6.45) is 5.44. The topological polar surface area (TPSA) is 165 Å². The summed E-state index contributed by atoms with van der Waals surface area (Å²) < 4.78 is 0.850. The Labute approximate surface area is 241 Å². The molecule has 216 valence electrons. The predicted octanol–water partition coefficient (Wildman–Crippen LogP) is 3.25. The average molecular weight is 579 g/mol. The molecule has 41 heavy (non-hydrogen) atoms. The quantitative estimate of drug-likeness (QED) is 0.285. The molecular formula is C28H34N8O4S. The van der Waals surface area contributed by atoms with Crippen molar-refractivity contribution in [1.29, 1.82) is 0 Å². The lowest BCUT2D eigenvalue weighted by Gasteiger charge is -2.52. The number of aromatic nitrogens is 3. The van der Waals surface area contributed by atoms with E-state index in [0.717, 1.165) is 4.70 Å². The van der Waals surface area contributed by atoms with Gasteiger partial charge in [0.05, 0.1) is 32.8 Å². The molecular weight excluding hydrogens is 544 g/mol. The first-order chi connectivity index (χ1) is 19.6. The zero-order valence-electron chi connectivity index (χ0n) is 23.4. The summed E-state index contributed by atoms with van der Waals surface area (Å²) >= 11 is 1.44. The van der Waals surface area contributed by atoms with Gasteiger partial charge in [0.1, 0.15) is 5.82 Å². The number of thiazole rings is 1. The van der Waals surface area contributed by atoms with Crippen LogP contribution in [0.25, 0.3) is 21.5 Å². The Morgan fingerprint density at radius 2 is 2.10 bits per heavy atom. The number of urea groups is 1. The van der Waals surface area contributed by atoms with E-state index < -0.39 is 29.1 Å². The van der Waals surface area contributed by atoms with Crippen LogP contribution < -0.4 is 26.4 Å². The SMILES string of the molecule is CCNC(=O)NC1(C2CNCCC2(C)C(=O)O)N=CC=CN1c1cc(-c2cc(=O)[nH]c(C(C)C)n2)c2scnc2c1. The molecule has 0 saturated carbocycles. The maximum Gasteiger partial charge on any atom is 0.318 e. The number of carboxylic acids is 1. The van der Waals surface area contributed by atoms with Crippen LogP contribution in [0.4, 0.5) is 10.5 Å². The number of aliphatic imine (C=N–C) groups is 1. The summed E-state index contributed by atoms with van der Waals surface area (Å²) in [4.78, 5) is 57.2. The number of fused-ring (bicyclic) bond motifs is 1. The number of amides is 2. The van der Waals surface area contributed by atoms with Crippen molar-refractivity contribution < 1.29 is 14.7 Å². The number of aromatic amines is 1. The fourth-order valence-electron chi connectivity index (χ4n) is 5.56. The molecule has 5 N–H and O–H groups in total. The summed E-state index contributed by atoms with van der Waals surface area (Å²) in [5.74, 6) is -2.57. The van der Waals surface area contributed by atoms with Crippen LogP contribution in [0, 0.1) is 11.3 Å². The van der Waals surface area contributed by atoms with Gasteiger partial charge in [-0.25, -0.2) is 19.8 Å². The third-order valence-corrected chi connectivity index (χ3v) is 8.66. The molecule has 13 heteroatoms. The molecule has 2 aliphatic rings. The standard InChI is InChI=1S/C28H34N8O4S/c1-5-30-26(40)35-28(21-14-29-9-7-27(21,4)25(38)39)32-8-6-10-36(28)17-11-18(23-20(12-17)31-15-41-23)19-13-22(37)34-24(33-19)16(2)3/h6,8,10-13,15-16,21,29H,5,7,9,14H2,1-4H3,(H,38,39)(H2,30,35,40)(H,33,34,37). The number of aliphatic carboxylic acids is 1. The summed E-state index contributed by atoms with van der Waals surface area (Å²) in [7, 11) is 0. The number of H-pyrrole nitrogens is 1. The summed E-state index contributed by atoms with van der Waals surface area (Å²) in [5, 5.41) is 19.5. The molecule has 3 unspecified atom stereocenters. The number of allylic oxidation sites excluding steroid dienone is 1. The van der Waals surface area contributed by atoms with Gasteiger partial charge in [0, 0.05) is 48.7 Å². The van der Waals surface area contributed by atoms with Crippen LogP contribution in [-0.4, -0.2) is 63.7 Å². The van der Waals surface area contributed by atoms with E-state index in [2.05, 4.69) is 25.9 Å². The highest BCUT2D eigenvalue weighted by Crippen LogP contribution is 2.46. The van der Waals surface area contributed by atoms with Crippen molar-refractivity contribution in [2.24, 2.45) is 16.3 Å². The third-order valence-electron chi connectivity index (χ3n) is 7.79. The van der Waals surface area contributed by atoms with Gasteiger partial charge in [-0.1, -0.05) is 13.8 Å². The number of nitrogens with one attached hydrogen (secondary N) is 4. The molecule has 0 aliphatic carbocycles. The van der Waals surface area contributed by atoms with E-state index in [9.17, 15) is 19.5 Å². The van der Waals surface area contributed by atoms with Gasteiger partial charge in [-0.15, -0.1) is 11.3 Å². The fourth-order valence-corrected chi connectivity index (χ4v) is 6.35. The Hall–Kier alpha value is -4.10. The largest absolute Gasteiger partial charge is 0.481 e. The van der Waals surface area contributed by atoms with Gasteiger partial charge in [-0.2, -0.15) is 0 Å². The lowest BCUT2D eigenvalue weighted by atomic mass is 9.68. The van der Waals surface area contributed by atoms with Gasteiger partial charge in [-0.05, 0) is 45.0 Å². The smallest absolute Gasteiger partial charge is 0.318 e. The summed E-state index contributed by atoms with van der Waals surface area (Å²) in [6.45, 7) is 8.62. The van der Waals surface area contributed by atoms with Gasteiger partial charge < -0.3 is 25.6 Å². The average Bonchev–Trinajstić information content (AvgIpc) is 3.41. The molecule has 0 radical (unpaired) electrons. The van der Waals surface area contributed by atoms with Crippen LogP contribution in [0.15, 0.2) is 45.8 Å². The van der Waals surface area contributed by atoms with Crippen molar-refractivity contribution >= 4 is 45.5 Å². The zero-order valence-corrected chi connectivity index (χ0v) is 24.2. The predicted molar refractivity (Wildman–Crippen MR) is 159 cm³/mol. The maximum atomic E-state index is 13.1. The number of nitrogens with zero attached hydrogens (tertiary/aromatic N) is 4. The van der Waals surface area contributed by atoms with Crippen molar-refractivity contribution in [3.8, 4) is 11.3 Å². The number of rotatable bonds is 7. The molecule has 0 bridgehead atoms. The van der Waals surface area contributed by atoms with Crippen LogP contribution in [0.1, 0.15) is 45.9 Å². The molecule has 0 spiro atoms. The van der Waals surface area contributed by atoms with Crippen LogP contribution >= 0.6 is 11.3 Å². The second-order valence-electron chi connectivity index (χ2n) is 10.8. The van der Waals surface area contributed by atoms with E-state index in [-0.39, 0.29) is 11.5 Å². The number of anilines is 1. The number of carbonyl (C=O) groups excluding carboxylic acids is 1. The minimum absolute atomic E-state index is 0.00331. The van der Waals surface area contributed by atoms with Crippen LogP contribution in [0.3, 0.4) is 0 Å². The highest BCUT2D eigenvalue weighted by molar-refractivity contribution is 7.17. The van der Waals surface area contributed by atoms with E-state index in [1.165, 1.54) is 17.4 Å². The van der Waals surface area contributed by atoms with Gasteiger partial charge in [0.25, 0.3) is 5.56 Å². The molecule has 12 nitrogen and oxygen atoms in total. The fraction of sp³-hybridized carbons (Fsp3) is 0.429. The Balaban J connectivity index is 1.73. The first-order valence-corrected chi connectivity index (χ1v) is 14.5. The number of piperidine rings is 1. The summed E-state index contributed by atoms with van der Waals surface area (Å²) in [5.41, 5.74) is 2.73.